The van der Waals surface area contributed by atoms with Crippen LogP contribution >= 0.6 is 0 Å². The minimum absolute atomic E-state index is 0.0275. The number of carbonyl (C=O) groups is 1. The summed E-state index contributed by atoms with van der Waals surface area (Å²) in [6.45, 7) is 0.0275. The van der Waals surface area contributed by atoms with Crippen molar-refractivity contribution in [3.8, 4) is 11.8 Å². The molecule has 0 spiro atoms. The van der Waals surface area contributed by atoms with E-state index in [2.05, 4.69) is 17.5 Å². The van der Waals surface area contributed by atoms with Gasteiger partial charge in [-0.3, -0.25) is 4.79 Å². The molecule has 0 bridgehead atoms. The summed E-state index contributed by atoms with van der Waals surface area (Å²) in [6, 6.07) is 8.93. The van der Waals surface area contributed by atoms with Gasteiger partial charge in [-0.05, 0) is 43.0 Å². The average Bonchev–Trinajstić information content (AvgIpc) is 2.90. The standard InChI is InChI=1S/C15H16N2O2/c16-9-10-19-14-7-5-13(6-8-14)17-15(18)11-12-3-1-2-4-12/h1,3,5-8,12H,2,4,10-11H2,(H,17,18). The molecule has 1 aromatic rings. The van der Waals surface area contributed by atoms with Crippen LogP contribution in [0, 0.1) is 17.2 Å². The number of hydrogen-bond donors (Lipinski definition) is 1. The highest BCUT2D eigenvalue weighted by Gasteiger charge is 2.13. The molecule has 4 nitrogen and oxygen atoms in total. The third kappa shape index (κ3) is 4.14. The average molecular weight is 256 g/mol. The summed E-state index contributed by atoms with van der Waals surface area (Å²) in [7, 11) is 0. The first-order valence-corrected chi connectivity index (χ1v) is 6.34. The molecule has 0 saturated carbocycles. The van der Waals surface area contributed by atoms with E-state index < -0.39 is 0 Å². The third-order valence-electron chi connectivity index (χ3n) is 3.00. The molecule has 1 aliphatic rings. The van der Waals surface area contributed by atoms with Gasteiger partial charge >= 0.3 is 0 Å². The van der Waals surface area contributed by atoms with Gasteiger partial charge in [0.25, 0.3) is 0 Å². The molecule has 0 aromatic heterocycles. The molecule has 0 radical (unpaired) electrons. The molecule has 1 aromatic carbocycles. The summed E-state index contributed by atoms with van der Waals surface area (Å²) < 4.78 is 5.14. The van der Waals surface area contributed by atoms with Crippen molar-refractivity contribution < 1.29 is 9.53 Å². The van der Waals surface area contributed by atoms with Gasteiger partial charge in [-0.15, -0.1) is 0 Å². The van der Waals surface area contributed by atoms with Gasteiger partial charge in [-0.1, -0.05) is 12.2 Å². The Labute approximate surface area is 112 Å². The van der Waals surface area contributed by atoms with Crippen LogP contribution in [0.3, 0.4) is 0 Å². The smallest absolute Gasteiger partial charge is 0.224 e. The van der Waals surface area contributed by atoms with Crippen molar-refractivity contribution in [2.75, 3.05) is 11.9 Å². The zero-order valence-corrected chi connectivity index (χ0v) is 10.6. The normalized spacial score (nSPS) is 16.9. The van der Waals surface area contributed by atoms with E-state index in [1.165, 1.54) is 0 Å². The third-order valence-corrected chi connectivity index (χ3v) is 3.00. The molecule has 98 valence electrons. The second-order valence-corrected chi connectivity index (χ2v) is 4.49. The first-order chi connectivity index (χ1) is 9.28. The molecule has 1 N–H and O–H groups in total. The maximum absolute atomic E-state index is 11.8. The highest BCUT2D eigenvalue weighted by Crippen LogP contribution is 2.21. The van der Waals surface area contributed by atoms with Crippen molar-refractivity contribution in [2.45, 2.75) is 19.3 Å². The van der Waals surface area contributed by atoms with Gasteiger partial charge in [0.15, 0.2) is 6.61 Å². The number of nitrogens with zero attached hydrogens (tertiary/aromatic N) is 1. The van der Waals surface area contributed by atoms with Crippen LogP contribution in [0.4, 0.5) is 5.69 Å². The molecule has 0 heterocycles. The maximum Gasteiger partial charge on any atom is 0.224 e. The Morgan fingerprint density at radius 3 is 2.84 bits per heavy atom. The molecule has 0 fully saturated rings. The fourth-order valence-electron chi connectivity index (χ4n) is 2.07. The fourth-order valence-corrected chi connectivity index (χ4v) is 2.07. The number of carbonyl (C=O) groups excluding carboxylic acids is 1. The minimum atomic E-state index is 0.0275. The predicted molar refractivity (Wildman–Crippen MR) is 72.7 cm³/mol. The SMILES string of the molecule is N#CCOc1ccc(NC(=O)CC2C=CCC2)cc1. The van der Waals surface area contributed by atoms with Crippen molar-refractivity contribution in [3.05, 3.63) is 36.4 Å². The van der Waals surface area contributed by atoms with Crippen LogP contribution in [0.1, 0.15) is 19.3 Å². The first kappa shape index (κ1) is 13.2. The second kappa shape index (κ2) is 6.60. The quantitative estimate of drug-likeness (QED) is 0.824. The van der Waals surface area contributed by atoms with Crippen LogP contribution in [0.25, 0.3) is 0 Å². The molecule has 1 atom stereocenters. The van der Waals surface area contributed by atoms with Crippen LogP contribution in [-0.4, -0.2) is 12.5 Å². The van der Waals surface area contributed by atoms with Gasteiger partial charge in [0.1, 0.15) is 11.8 Å². The largest absolute Gasteiger partial charge is 0.479 e. The Bertz CT molecular complexity index is 500. The fraction of sp³-hybridized carbons (Fsp3) is 0.333. The number of hydrogen-bond acceptors (Lipinski definition) is 3. The number of ether oxygens (including phenoxy) is 1. The highest BCUT2D eigenvalue weighted by atomic mass is 16.5. The van der Waals surface area contributed by atoms with Crippen LogP contribution in [0.2, 0.25) is 0 Å². The Morgan fingerprint density at radius 2 is 2.21 bits per heavy atom. The highest BCUT2D eigenvalue weighted by molar-refractivity contribution is 5.91. The summed E-state index contributed by atoms with van der Waals surface area (Å²) in [5, 5.41) is 11.3. The van der Waals surface area contributed by atoms with Gasteiger partial charge in [-0.25, -0.2) is 0 Å². The molecule has 2 rings (SSSR count). The van der Waals surface area contributed by atoms with Crippen molar-refractivity contribution >= 4 is 11.6 Å². The van der Waals surface area contributed by atoms with E-state index >= 15 is 0 Å². The second-order valence-electron chi connectivity index (χ2n) is 4.49. The van der Waals surface area contributed by atoms with Crippen molar-refractivity contribution in [3.63, 3.8) is 0 Å². The number of rotatable bonds is 5. The molecule has 1 amide bonds. The van der Waals surface area contributed by atoms with Crippen molar-refractivity contribution in [2.24, 2.45) is 5.92 Å². The van der Waals surface area contributed by atoms with Crippen LogP contribution < -0.4 is 10.1 Å². The topological polar surface area (TPSA) is 62.1 Å². The van der Waals surface area contributed by atoms with Gasteiger partial charge in [0.2, 0.25) is 5.91 Å². The lowest BCUT2D eigenvalue weighted by atomic mass is 10.1. The van der Waals surface area contributed by atoms with Crippen LogP contribution in [-0.2, 0) is 4.79 Å². The molecular weight excluding hydrogens is 240 g/mol. The number of allylic oxidation sites excluding steroid dienone is 2. The predicted octanol–water partition coefficient (Wildman–Crippen LogP) is 2.88. The maximum atomic E-state index is 11.8. The Morgan fingerprint density at radius 1 is 1.42 bits per heavy atom. The molecule has 1 unspecified atom stereocenters. The summed E-state index contributed by atoms with van der Waals surface area (Å²) in [5.74, 6) is 1.03. The Kier molecular flexibility index (Phi) is 4.57. The van der Waals surface area contributed by atoms with E-state index in [-0.39, 0.29) is 12.5 Å². The first-order valence-electron chi connectivity index (χ1n) is 6.34. The van der Waals surface area contributed by atoms with E-state index in [0.29, 0.717) is 18.1 Å². The van der Waals surface area contributed by atoms with Gasteiger partial charge in [-0.2, -0.15) is 5.26 Å². The molecule has 4 heteroatoms. The number of nitriles is 1. The van der Waals surface area contributed by atoms with E-state index in [4.69, 9.17) is 10.00 Å². The van der Waals surface area contributed by atoms with E-state index in [1.54, 1.807) is 24.3 Å². The minimum Gasteiger partial charge on any atom is -0.479 e. The van der Waals surface area contributed by atoms with Gasteiger partial charge in [0.05, 0.1) is 0 Å². The molecular formula is C15H16N2O2. The van der Waals surface area contributed by atoms with Gasteiger partial charge in [0, 0.05) is 12.1 Å². The molecule has 0 aliphatic heterocycles. The number of nitrogens with one attached hydrogen (secondary N) is 1. The van der Waals surface area contributed by atoms with E-state index in [9.17, 15) is 4.79 Å². The van der Waals surface area contributed by atoms with Gasteiger partial charge < -0.3 is 10.1 Å². The van der Waals surface area contributed by atoms with Crippen molar-refractivity contribution in [1.29, 1.82) is 5.26 Å². The lowest BCUT2D eigenvalue weighted by molar-refractivity contribution is -0.116. The van der Waals surface area contributed by atoms with Crippen LogP contribution in [0.5, 0.6) is 5.75 Å². The lowest BCUT2D eigenvalue weighted by Crippen LogP contribution is -2.14. The Balaban J connectivity index is 1.83. The zero-order chi connectivity index (χ0) is 13.5. The van der Waals surface area contributed by atoms with Crippen molar-refractivity contribution in [1.82, 2.24) is 0 Å². The molecule has 0 saturated heterocycles. The molecule has 1 aliphatic carbocycles. The zero-order valence-electron chi connectivity index (χ0n) is 10.6. The number of amides is 1. The number of anilines is 1. The number of benzene rings is 1. The molecule has 19 heavy (non-hydrogen) atoms. The summed E-state index contributed by atoms with van der Waals surface area (Å²) in [5.41, 5.74) is 0.747. The lowest BCUT2D eigenvalue weighted by Gasteiger charge is -2.09. The van der Waals surface area contributed by atoms with Crippen LogP contribution in [0.15, 0.2) is 36.4 Å². The monoisotopic (exact) mass is 256 g/mol. The summed E-state index contributed by atoms with van der Waals surface area (Å²) in [6.07, 6.45) is 6.90. The van der Waals surface area contributed by atoms with E-state index in [0.717, 1.165) is 18.5 Å². The summed E-state index contributed by atoms with van der Waals surface area (Å²) >= 11 is 0. The Hall–Kier alpha value is -2.28. The summed E-state index contributed by atoms with van der Waals surface area (Å²) in [4.78, 5) is 11.8. The van der Waals surface area contributed by atoms with E-state index in [1.807, 2.05) is 6.07 Å².